The summed E-state index contributed by atoms with van der Waals surface area (Å²) in [6.45, 7) is 6.11. The van der Waals surface area contributed by atoms with Crippen LogP contribution in [-0.4, -0.2) is 60.1 Å². The molecular formula is C22H24Cl2N2O2. The van der Waals surface area contributed by atoms with E-state index in [1.54, 1.807) is 12.1 Å². The average molecular weight is 419 g/mol. The minimum absolute atomic E-state index is 0.339. The average Bonchev–Trinajstić information content (AvgIpc) is 2.70. The first-order chi connectivity index (χ1) is 13.5. The van der Waals surface area contributed by atoms with E-state index in [9.17, 15) is 4.79 Å². The Morgan fingerprint density at radius 3 is 2.29 bits per heavy atom. The van der Waals surface area contributed by atoms with Gasteiger partial charge in [0.25, 0.3) is 0 Å². The molecule has 0 aliphatic carbocycles. The van der Waals surface area contributed by atoms with Crippen LogP contribution in [0.1, 0.15) is 21.5 Å². The van der Waals surface area contributed by atoms with Crippen LogP contribution in [0.3, 0.4) is 0 Å². The predicted octanol–water partition coefficient (Wildman–Crippen LogP) is 4.57. The van der Waals surface area contributed by atoms with Crippen LogP contribution in [0.4, 0.5) is 0 Å². The summed E-state index contributed by atoms with van der Waals surface area (Å²) in [6.07, 6.45) is 5.19. The van der Waals surface area contributed by atoms with Gasteiger partial charge in [-0.2, -0.15) is 0 Å². The first kappa shape index (κ1) is 20.9. The van der Waals surface area contributed by atoms with Gasteiger partial charge in [-0.25, -0.2) is 4.79 Å². The van der Waals surface area contributed by atoms with Crippen molar-refractivity contribution in [2.24, 2.45) is 0 Å². The fourth-order valence-electron chi connectivity index (χ4n) is 3.25. The second-order valence-electron chi connectivity index (χ2n) is 6.97. The highest BCUT2D eigenvalue weighted by molar-refractivity contribution is 6.42. The van der Waals surface area contributed by atoms with E-state index in [4.69, 9.17) is 28.3 Å². The molecule has 0 aromatic heterocycles. The highest BCUT2D eigenvalue weighted by Gasteiger charge is 2.15. The fraction of sp³-hybridized carbons (Fsp3) is 0.318. The molecule has 0 bridgehead atoms. The first-order valence-corrected chi connectivity index (χ1v) is 10.2. The van der Waals surface area contributed by atoms with E-state index in [1.165, 1.54) is 5.56 Å². The Bertz CT molecular complexity index is 829. The number of carbonyl (C=O) groups is 1. The molecule has 1 heterocycles. The topological polar surface area (TPSA) is 43.8 Å². The molecule has 28 heavy (non-hydrogen) atoms. The molecule has 1 aliphatic rings. The Balaban J connectivity index is 1.38. The molecule has 2 aromatic carbocycles. The van der Waals surface area contributed by atoms with Crippen LogP contribution < -0.4 is 0 Å². The third-order valence-electron chi connectivity index (χ3n) is 5.00. The van der Waals surface area contributed by atoms with E-state index >= 15 is 0 Å². The van der Waals surface area contributed by atoms with Gasteiger partial charge in [0.1, 0.15) is 0 Å². The largest absolute Gasteiger partial charge is 0.478 e. The van der Waals surface area contributed by atoms with Crippen molar-refractivity contribution in [3.63, 3.8) is 0 Å². The molecule has 148 valence electrons. The van der Waals surface area contributed by atoms with E-state index in [2.05, 4.69) is 22.0 Å². The van der Waals surface area contributed by atoms with Crippen molar-refractivity contribution in [1.29, 1.82) is 0 Å². The van der Waals surface area contributed by atoms with Gasteiger partial charge in [-0.1, -0.05) is 53.6 Å². The smallest absolute Gasteiger partial charge is 0.335 e. The Morgan fingerprint density at radius 2 is 1.64 bits per heavy atom. The van der Waals surface area contributed by atoms with E-state index in [0.29, 0.717) is 15.6 Å². The van der Waals surface area contributed by atoms with Gasteiger partial charge in [-0.15, -0.1) is 0 Å². The number of hydrogen-bond acceptors (Lipinski definition) is 3. The lowest BCUT2D eigenvalue weighted by atomic mass is 10.1. The molecule has 0 radical (unpaired) electrons. The van der Waals surface area contributed by atoms with Crippen molar-refractivity contribution in [3.8, 4) is 0 Å². The molecule has 1 N–H and O–H groups in total. The van der Waals surface area contributed by atoms with Crippen LogP contribution in [0.2, 0.25) is 10.0 Å². The summed E-state index contributed by atoms with van der Waals surface area (Å²) in [4.78, 5) is 15.8. The van der Waals surface area contributed by atoms with Crippen molar-refractivity contribution < 1.29 is 9.90 Å². The SMILES string of the molecule is O=C(O)c1ccc(CCN2CCN(CC=Cc3ccc(Cl)c(Cl)c3)CC2)cc1. The third kappa shape index (κ3) is 6.08. The van der Waals surface area contributed by atoms with Crippen LogP contribution in [-0.2, 0) is 6.42 Å². The van der Waals surface area contributed by atoms with Crippen molar-refractivity contribution in [2.45, 2.75) is 6.42 Å². The van der Waals surface area contributed by atoms with Gasteiger partial charge < -0.3 is 10.0 Å². The molecule has 0 amide bonds. The van der Waals surface area contributed by atoms with Crippen LogP contribution >= 0.6 is 23.2 Å². The number of rotatable bonds is 7. The second kappa shape index (κ2) is 10.1. The van der Waals surface area contributed by atoms with Crippen molar-refractivity contribution in [3.05, 3.63) is 75.3 Å². The molecule has 0 unspecified atom stereocenters. The summed E-state index contributed by atoms with van der Waals surface area (Å²) in [5.74, 6) is -0.879. The van der Waals surface area contributed by atoms with Crippen LogP contribution in [0.15, 0.2) is 48.5 Å². The maximum absolute atomic E-state index is 10.9. The molecule has 1 saturated heterocycles. The Morgan fingerprint density at radius 1 is 0.964 bits per heavy atom. The number of piperazine rings is 1. The number of benzene rings is 2. The summed E-state index contributed by atoms with van der Waals surface area (Å²) < 4.78 is 0. The first-order valence-electron chi connectivity index (χ1n) is 9.40. The van der Waals surface area contributed by atoms with Gasteiger partial charge in [0.2, 0.25) is 0 Å². The summed E-state index contributed by atoms with van der Waals surface area (Å²) >= 11 is 12.0. The second-order valence-corrected chi connectivity index (χ2v) is 7.78. The van der Waals surface area contributed by atoms with E-state index in [0.717, 1.165) is 51.3 Å². The quantitative estimate of drug-likeness (QED) is 0.715. The maximum atomic E-state index is 10.9. The lowest BCUT2D eigenvalue weighted by Crippen LogP contribution is -2.46. The number of aromatic carboxylic acids is 1. The van der Waals surface area contributed by atoms with Gasteiger partial charge in [-0.05, 0) is 41.8 Å². The zero-order valence-corrected chi connectivity index (χ0v) is 17.2. The number of hydrogen-bond donors (Lipinski definition) is 1. The van der Waals surface area contributed by atoms with Crippen LogP contribution in [0, 0.1) is 0 Å². The minimum Gasteiger partial charge on any atom is -0.478 e. The highest BCUT2D eigenvalue weighted by Crippen LogP contribution is 2.23. The zero-order valence-electron chi connectivity index (χ0n) is 15.7. The molecule has 0 atom stereocenters. The van der Waals surface area contributed by atoms with Gasteiger partial charge in [0, 0.05) is 39.3 Å². The van der Waals surface area contributed by atoms with Gasteiger partial charge in [-0.3, -0.25) is 4.90 Å². The maximum Gasteiger partial charge on any atom is 0.335 e. The standard InChI is InChI=1S/C22H24Cl2N2O2/c23-20-8-5-18(16-21(20)24)2-1-10-25-12-14-26(15-13-25)11-9-17-3-6-19(7-4-17)22(27)28/h1-8,16H,9-15H2,(H,27,28). The zero-order chi connectivity index (χ0) is 19.9. The summed E-state index contributed by atoms with van der Waals surface area (Å²) in [5.41, 5.74) is 2.57. The van der Waals surface area contributed by atoms with Gasteiger partial charge >= 0.3 is 5.97 Å². The monoisotopic (exact) mass is 418 g/mol. The molecule has 2 aromatic rings. The summed E-state index contributed by atoms with van der Waals surface area (Å²) in [5, 5.41) is 10.1. The van der Waals surface area contributed by atoms with Crippen LogP contribution in [0.25, 0.3) is 6.08 Å². The molecule has 6 heteroatoms. The van der Waals surface area contributed by atoms with Crippen molar-refractivity contribution in [1.82, 2.24) is 9.80 Å². The number of carboxylic acids is 1. The summed E-state index contributed by atoms with van der Waals surface area (Å²) in [6, 6.07) is 12.8. The van der Waals surface area contributed by atoms with E-state index < -0.39 is 5.97 Å². The predicted molar refractivity (Wildman–Crippen MR) is 115 cm³/mol. The molecule has 3 rings (SSSR count). The molecular weight excluding hydrogens is 395 g/mol. The molecule has 0 saturated carbocycles. The molecule has 4 nitrogen and oxygen atoms in total. The number of carboxylic acid groups (broad SMARTS) is 1. The van der Waals surface area contributed by atoms with Gasteiger partial charge in [0.05, 0.1) is 15.6 Å². The van der Waals surface area contributed by atoms with Crippen molar-refractivity contribution >= 4 is 35.2 Å². The Kier molecular flexibility index (Phi) is 7.51. The van der Waals surface area contributed by atoms with E-state index in [-0.39, 0.29) is 0 Å². The summed E-state index contributed by atoms with van der Waals surface area (Å²) in [7, 11) is 0. The molecule has 1 aliphatic heterocycles. The van der Waals surface area contributed by atoms with Gasteiger partial charge in [0.15, 0.2) is 0 Å². The van der Waals surface area contributed by atoms with E-state index in [1.807, 2.05) is 30.3 Å². The Labute approximate surface area is 176 Å². The third-order valence-corrected chi connectivity index (χ3v) is 5.74. The lowest BCUT2D eigenvalue weighted by molar-refractivity contribution is 0.0697. The molecule has 1 fully saturated rings. The normalized spacial score (nSPS) is 15.9. The number of nitrogens with zero attached hydrogens (tertiary/aromatic N) is 2. The Hall–Kier alpha value is -1.85. The lowest BCUT2D eigenvalue weighted by Gasteiger charge is -2.34. The minimum atomic E-state index is -0.879. The van der Waals surface area contributed by atoms with Crippen LogP contribution in [0.5, 0.6) is 0 Å². The van der Waals surface area contributed by atoms with Crippen molar-refractivity contribution in [2.75, 3.05) is 39.3 Å². The molecule has 0 spiro atoms. The highest BCUT2D eigenvalue weighted by atomic mass is 35.5. The number of halogens is 2. The fourth-order valence-corrected chi connectivity index (χ4v) is 3.56.